The number of rotatable bonds is 5. The topological polar surface area (TPSA) is 140 Å². The maximum Gasteiger partial charge on any atom is 0.267 e. The lowest BCUT2D eigenvalue weighted by atomic mass is 10.00. The number of benzene rings is 1. The van der Waals surface area contributed by atoms with Crippen molar-refractivity contribution in [1.82, 2.24) is 25.0 Å². The molecule has 0 spiro atoms. The van der Waals surface area contributed by atoms with Crippen molar-refractivity contribution < 1.29 is 19.2 Å². The van der Waals surface area contributed by atoms with Crippen LogP contribution < -0.4 is 11.1 Å². The molecule has 0 radical (unpaired) electrons. The second-order valence-corrected chi connectivity index (χ2v) is 8.43. The van der Waals surface area contributed by atoms with Gasteiger partial charge in [-0.2, -0.15) is 5.10 Å². The molecule has 2 aliphatic heterocycles. The van der Waals surface area contributed by atoms with Crippen LogP contribution in [0.4, 0.5) is 0 Å². The summed E-state index contributed by atoms with van der Waals surface area (Å²) in [6, 6.07) is 10.2. The fourth-order valence-corrected chi connectivity index (χ4v) is 4.63. The van der Waals surface area contributed by atoms with E-state index < -0.39 is 17.9 Å². The molecule has 3 N–H and O–H groups in total. The molecule has 0 saturated carbocycles. The average Bonchev–Trinajstić information content (AvgIpc) is 3.34. The molecule has 2 aliphatic rings. The van der Waals surface area contributed by atoms with Crippen molar-refractivity contribution in [3.63, 3.8) is 0 Å². The summed E-state index contributed by atoms with van der Waals surface area (Å²) in [7, 11) is 1.81. The van der Waals surface area contributed by atoms with Gasteiger partial charge in [0.15, 0.2) is 0 Å². The zero-order valence-electron chi connectivity index (χ0n) is 18.4. The lowest BCUT2D eigenvalue weighted by Crippen LogP contribution is -2.52. The van der Waals surface area contributed by atoms with Gasteiger partial charge in [0, 0.05) is 49.5 Å². The monoisotopic (exact) mass is 458 g/mol. The number of hydrogen-bond acceptors (Lipinski definition) is 6. The van der Waals surface area contributed by atoms with Gasteiger partial charge >= 0.3 is 0 Å². The lowest BCUT2D eigenvalue weighted by molar-refractivity contribution is -0.136. The quantitative estimate of drug-likeness (QED) is 0.545. The van der Waals surface area contributed by atoms with Crippen LogP contribution in [0, 0.1) is 0 Å². The molecule has 1 fully saturated rings. The molecule has 4 heterocycles. The van der Waals surface area contributed by atoms with E-state index in [1.54, 1.807) is 28.9 Å². The van der Waals surface area contributed by atoms with E-state index in [1.807, 2.05) is 19.2 Å². The van der Waals surface area contributed by atoms with Gasteiger partial charge in [0.2, 0.25) is 11.8 Å². The van der Waals surface area contributed by atoms with Crippen LogP contribution in [0.25, 0.3) is 11.3 Å². The molecule has 1 atom stereocenters. The van der Waals surface area contributed by atoms with Crippen LogP contribution in [0.15, 0.2) is 42.6 Å². The second-order valence-electron chi connectivity index (χ2n) is 8.43. The number of aromatic nitrogens is 3. The SMILES string of the molecule is Cn1nc(-c2cccc3c2CN(C2CCC(=O)NC2=O)C3=O)cc1Cc1cccnc1C(N)=O. The summed E-state index contributed by atoms with van der Waals surface area (Å²) >= 11 is 0. The molecule has 2 aromatic heterocycles. The Bertz CT molecular complexity index is 1360. The van der Waals surface area contributed by atoms with Gasteiger partial charge in [0.1, 0.15) is 11.7 Å². The van der Waals surface area contributed by atoms with Gasteiger partial charge in [-0.3, -0.25) is 34.2 Å². The highest BCUT2D eigenvalue weighted by molar-refractivity contribution is 6.06. The smallest absolute Gasteiger partial charge is 0.267 e. The molecule has 0 aliphatic carbocycles. The number of fused-ring (bicyclic) bond motifs is 1. The summed E-state index contributed by atoms with van der Waals surface area (Å²) in [4.78, 5) is 54.3. The van der Waals surface area contributed by atoms with Crippen LogP contribution in [0.3, 0.4) is 0 Å². The van der Waals surface area contributed by atoms with Gasteiger partial charge in [-0.15, -0.1) is 0 Å². The second kappa shape index (κ2) is 8.22. The molecule has 10 heteroatoms. The third-order valence-electron chi connectivity index (χ3n) is 6.33. The highest BCUT2D eigenvalue weighted by Crippen LogP contribution is 2.34. The van der Waals surface area contributed by atoms with Crippen molar-refractivity contribution in [3.05, 3.63) is 70.7 Å². The molecular weight excluding hydrogens is 436 g/mol. The van der Waals surface area contributed by atoms with Gasteiger partial charge in [-0.25, -0.2) is 0 Å². The van der Waals surface area contributed by atoms with Crippen LogP contribution in [0.2, 0.25) is 0 Å². The lowest BCUT2D eigenvalue weighted by Gasteiger charge is -2.29. The Labute approximate surface area is 194 Å². The Morgan fingerprint density at radius 1 is 1.18 bits per heavy atom. The number of hydrogen-bond donors (Lipinski definition) is 2. The summed E-state index contributed by atoms with van der Waals surface area (Å²) in [5.74, 6) is -1.59. The first-order valence-corrected chi connectivity index (χ1v) is 10.9. The number of pyridine rings is 1. The predicted molar refractivity (Wildman–Crippen MR) is 120 cm³/mol. The Kier molecular flexibility index (Phi) is 5.20. The van der Waals surface area contributed by atoms with Gasteiger partial charge < -0.3 is 10.6 Å². The Hall–Kier alpha value is -4.34. The van der Waals surface area contributed by atoms with Gasteiger partial charge in [0.05, 0.1) is 5.69 Å². The Balaban J connectivity index is 1.46. The van der Waals surface area contributed by atoms with E-state index in [-0.39, 0.29) is 30.5 Å². The van der Waals surface area contributed by atoms with E-state index in [9.17, 15) is 19.2 Å². The van der Waals surface area contributed by atoms with Crippen LogP contribution in [-0.2, 0) is 29.6 Å². The molecule has 0 bridgehead atoms. The zero-order chi connectivity index (χ0) is 24.0. The summed E-state index contributed by atoms with van der Waals surface area (Å²) < 4.78 is 1.72. The molecular formula is C24H22N6O4. The first-order chi connectivity index (χ1) is 16.3. The molecule has 4 amide bonds. The molecule has 1 saturated heterocycles. The summed E-state index contributed by atoms with van der Waals surface area (Å²) in [5, 5.41) is 6.96. The van der Waals surface area contributed by atoms with Crippen LogP contribution in [-0.4, -0.2) is 49.3 Å². The Morgan fingerprint density at radius 3 is 2.74 bits per heavy atom. The van der Waals surface area contributed by atoms with E-state index in [4.69, 9.17) is 5.73 Å². The van der Waals surface area contributed by atoms with E-state index in [1.165, 1.54) is 11.1 Å². The number of nitrogens with zero attached hydrogens (tertiary/aromatic N) is 4. The largest absolute Gasteiger partial charge is 0.364 e. The van der Waals surface area contributed by atoms with Crippen molar-refractivity contribution in [2.24, 2.45) is 12.8 Å². The first-order valence-electron chi connectivity index (χ1n) is 10.9. The summed E-state index contributed by atoms with van der Waals surface area (Å²) in [6.45, 7) is 0.261. The molecule has 34 heavy (non-hydrogen) atoms. The first kappa shape index (κ1) is 21.5. The van der Waals surface area contributed by atoms with Crippen LogP contribution in [0.5, 0.6) is 0 Å². The number of carbonyl (C=O) groups is 4. The van der Waals surface area contributed by atoms with E-state index in [2.05, 4.69) is 15.4 Å². The summed E-state index contributed by atoms with van der Waals surface area (Å²) in [6.07, 6.45) is 2.44. The highest BCUT2D eigenvalue weighted by atomic mass is 16.2. The molecule has 10 nitrogen and oxygen atoms in total. The number of carbonyl (C=O) groups excluding carboxylic acids is 4. The summed E-state index contributed by atoms with van der Waals surface area (Å²) in [5.41, 5.74) is 10.0. The maximum absolute atomic E-state index is 13.1. The van der Waals surface area contributed by atoms with Gasteiger partial charge in [0.25, 0.3) is 11.8 Å². The van der Waals surface area contributed by atoms with Crippen LogP contribution >= 0.6 is 0 Å². The molecule has 3 aromatic rings. The number of nitrogens with two attached hydrogens (primary N) is 1. The fraction of sp³-hybridized carbons (Fsp3) is 0.250. The Morgan fingerprint density at radius 2 is 1.97 bits per heavy atom. The highest BCUT2D eigenvalue weighted by Gasteiger charge is 2.40. The molecule has 5 rings (SSSR count). The minimum atomic E-state index is -0.678. The minimum Gasteiger partial charge on any atom is -0.364 e. The van der Waals surface area contributed by atoms with Crippen molar-refractivity contribution in [2.75, 3.05) is 0 Å². The standard InChI is InChI=1S/C24H22N6O4/c1-29-14(10-13-4-3-9-26-21(13)22(25)32)11-18(28-29)15-5-2-6-16-17(15)12-30(24(16)34)19-7-8-20(31)27-23(19)33/h2-6,9,11,19H,7-8,10,12H2,1H3,(H2,25,32)(H,27,31,33). The number of imide groups is 1. The number of amides is 4. The molecule has 1 unspecified atom stereocenters. The van der Waals surface area contributed by atoms with Gasteiger partial charge in [-0.1, -0.05) is 18.2 Å². The number of aryl methyl sites for hydroxylation is 1. The molecule has 172 valence electrons. The fourth-order valence-electron chi connectivity index (χ4n) is 4.63. The van der Waals surface area contributed by atoms with Crippen molar-refractivity contribution in [2.45, 2.75) is 31.8 Å². The molecule has 1 aromatic carbocycles. The van der Waals surface area contributed by atoms with E-state index >= 15 is 0 Å². The van der Waals surface area contributed by atoms with E-state index in [0.29, 0.717) is 29.7 Å². The van der Waals surface area contributed by atoms with Crippen molar-refractivity contribution in [3.8, 4) is 11.3 Å². The number of nitrogens with one attached hydrogen (secondary N) is 1. The predicted octanol–water partition coefficient (Wildman–Crippen LogP) is 0.933. The van der Waals surface area contributed by atoms with Crippen molar-refractivity contribution in [1.29, 1.82) is 0 Å². The normalized spacial score (nSPS) is 17.6. The third kappa shape index (κ3) is 3.62. The third-order valence-corrected chi connectivity index (χ3v) is 6.33. The zero-order valence-corrected chi connectivity index (χ0v) is 18.4. The van der Waals surface area contributed by atoms with Crippen LogP contribution in [0.1, 0.15) is 50.5 Å². The van der Waals surface area contributed by atoms with E-state index in [0.717, 1.165) is 16.8 Å². The number of piperidine rings is 1. The average molecular weight is 458 g/mol. The minimum absolute atomic E-state index is 0.203. The van der Waals surface area contributed by atoms with Crippen molar-refractivity contribution >= 4 is 23.6 Å². The number of primary amides is 1. The maximum atomic E-state index is 13.1. The van der Waals surface area contributed by atoms with Gasteiger partial charge in [-0.05, 0) is 35.7 Å².